The van der Waals surface area contributed by atoms with E-state index in [-0.39, 0.29) is 0 Å². The summed E-state index contributed by atoms with van der Waals surface area (Å²) >= 11 is 0. The third-order valence-corrected chi connectivity index (χ3v) is 2.77. The van der Waals surface area contributed by atoms with E-state index in [0.29, 0.717) is 6.10 Å². The van der Waals surface area contributed by atoms with Crippen LogP contribution in [0, 0.1) is 0 Å². The SMILES string of the molecule is C=Cc1ccc(OC)c(OC2CCC2)c1. The summed E-state index contributed by atoms with van der Waals surface area (Å²) in [5, 5.41) is 0. The van der Waals surface area contributed by atoms with Gasteiger partial charge in [0.1, 0.15) is 0 Å². The molecule has 0 N–H and O–H groups in total. The molecule has 1 aromatic rings. The van der Waals surface area contributed by atoms with E-state index in [9.17, 15) is 0 Å². The van der Waals surface area contributed by atoms with Crippen molar-refractivity contribution in [2.75, 3.05) is 7.11 Å². The lowest BCUT2D eigenvalue weighted by Crippen LogP contribution is -2.24. The van der Waals surface area contributed by atoms with Crippen LogP contribution in [0.25, 0.3) is 6.08 Å². The largest absolute Gasteiger partial charge is 0.493 e. The Morgan fingerprint density at radius 2 is 2.13 bits per heavy atom. The Hall–Kier alpha value is -1.44. The molecule has 2 heteroatoms. The van der Waals surface area contributed by atoms with Crippen molar-refractivity contribution in [3.8, 4) is 11.5 Å². The molecule has 1 fully saturated rings. The predicted octanol–water partition coefficient (Wildman–Crippen LogP) is 3.27. The maximum absolute atomic E-state index is 5.84. The first-order chi connectivity index (χ1) is 7.33. The van der Waals surface area contributed by atoms with Crippen LogP contribution < -0.4 is 9.47 Å². The van der Waals surface area contributed by atoms with Gasteiger partial charge in [0, 0.05) is 0 Å². The quantitative estimate of drug-likeness (QED) is 0.749. The minimum absolute atomic E-state index is 0.374. The Balaban J connectivity index is 2.20. The summed E-state index contributed by atoms with van der Waals surface area (Å²) in [6, 6.07) is 5.87. The molecule has 0 aliphatic heterocycles. The van der Waals surface area contributed by atoms with Crippen LogP contribution in [-0.2, 0) is 0 Å². The van der Waals surface area contributed by atoms with Gasteiger partial charge in [-0.25, -0.2) is 0 Å². The van der Waals surface area contributed by atoms with E-state index < -0.39 is 0 Å². The number of hydrogen-bond acceptors (Lipinski definition) is 2. The van der Waals surface area contributed by atoms with E-state index >= 15 is 0 Å². The van der Waals surface area contributed by atoms with E-state index in [1.807, 2.05) is 24.3 Å². The van der Waals surface area contributed by atoms with Crippen molar-refractivity contribution in [1.82, 2.24) is 0 Å². The highest BCUT2D eigenvalue weighted by molar-refractivity contribution is 5.54. The highest BCUT2D eigenvalue weighted by atomic mass is 16.5. The second-order valence-corrected chi connectivity index (χ2v) is 3.79. The maximum Gasteiger partial charge on any atom is 0.162 e. The fraction of sp³-hybridized carbons (Fsp3) is 0.385. The monoisotopic (exact) mass is 204 g/mol. The zero-order valence-corrected chi connectivity index (χ0v) is 9.03. The summed E-state index contributed by atoms with van der Waals surface area (Å²) in [7, 11) is 1.66. The number of methoxy groups -OCH3 is 1. The minimum atomic E-state index is 0.374. The highest BCUT2D eigenvalue weighted by Crippen LogP contribution is 2.33. The minimum Gasteiger partial charge on any atom is -0.493 e. The summed E-state index contributed by atoms with van der Waals surface area (Å²) in [5.74, 6) is 1.63. The summed E-state index contributed by atoms with van der Waals surface area (Å²) in [6.07, 6.45) is 5.77. The summed E-state index contributed by atoms with van der Waals surface area (Å²) in [5.41, 5.74) is 1.06. The van der Waals surface area contributed by atoms with Crippen molar-refractivity contribution in [2.45, 2.75) is 25.4 Å². The third kappa shape index (κ3) is 2.14. The Bertz CT molecular complexity index is 354. The Kier molecular flexibility index (Phi) is 2.95. The molecule has 0 unspecified atom stereocenters. The lowest BCUT2D eigenvalue weighted by molar-refractivity contribution is 0.116. The third-order valence-electron chi connectivity index (χ3n) is 2.77. The van der Waals surface area contributed by atoms with Crippen LogP contribution in [-0.4, -0.2) is 13.2 Å². The molecule has 0 atom stereocenters. The van der Waals surface area contributed by atoms with Crippen molar-refractivity contribution in [1.29, 1.82) is 0 Å². The Labute approximate surface area is 90.5 Å². The van der Waals surface area contributed by atoms with Gasteiger partial charge >= 0.3 is 0 Å². The first-order valence-corrected chi connectivity index (χ1v) is 5.30. The molecule has 1 saturated carbocycles. The predicted molar refractivity (Wildman–Crippen MR) is 61.4 cm³/mol. The van der Waals surface area contributed by atoms with Gasteiger partial charge in [-0.2, -0.15) is 0 Å². The molecule has 0 radical (unpaired) electrons. The van der Waals surface area contributed by atoms with Crippen LogP contribution in [0.5, 0.6) is 11.5 Å². The average Bonchev–Trinajstić information content (AvgIpc) is 2.23. The van der Waals surface area contributed by atoms with Gasteiger partial charge in [0.05, 0.1) is 13.2 Å². The van der Waals surface area contributed by atoms with E-state index in [4.69, 9.17) is 9.47 Å². The standard InChI is InChI=1S/C13H16O2/c1-3-10-7-8-12(14-2)13(9-10)15-11-5-4-6-11/h3,7-9,11H,1,4-6H2,2H3. The second kappa shape index (κ2) is 4.39. The van der Waals surface area contributed by atoms with Crippen LogP contribution >= 0.6 is 0 Å². The van der Waals surface area contributed by atoms with Crippen LogP contribution in [0.4, 0.5) is 0 Å². The van der Waals surface area contributed by atoms with Gasteiger partial charge in [0.2, 0.25) is 0 Å². The zero-order chi connectivity index (χ0) is 10.7. The molecule has 0 spiro atoms. The van der Waals surface area contributed by atoms with Crippen molar-refractivity contribution in [2.24, 2.45) is 0 Å². The molecule has 1 aliphatic rings. The molecule has 0 saturated heterocycles. The molecule has 2 rings (SSSR count). The smallest absolute Gasteiger partial charge is 0.162 e. The van der Waals surface area contributed by atoms with E-state index in [0.717, 1.165) is 29.9 Å². The van der Waals surface area contributed by atoms with Crippen LogP contribution in [0.1, 0.15) is 24.8 Å². The molecule has 0 aromatic heterocycles. The van der Waals surface area contributed by atoms with E-state index in [1.54, 1.807) is 7.11 Å². The first kappa shape index (κ1) is 10.1. The van der Waals surface area contributed by atoms with Crippen molar-refractivity contribution in [3.63, 3.8) is 0 Å². The van der Waals surface area contributed by atoms with E-state index in [2.05, 4.69) is 6.58 Å². The number of ether oxygens (including phenoxy) is 2. The average molecular weight is 204 g/mol. The van der Waals surface area contributed by atoms with Crippen molar-refractivity contribution in [3.05, 3.63) is 30.3 Å². The van der Waals surface area contributed by atoms with Crippen LogP contribution in [0.15, 0.2) is 24.8 Å². The first-order valence-electron chi connectivity index (χ1n) is 5.30. The molecule has 80 valence electrons. The summed E-state index contributed by atoms with van der Waals surface area (Å²) in [4.78, 5) is 0. The molecule has 0 bridgehead atoms. The lowest BCUT2D eigenvalue weighted by atomic mass is 9.96. The van der Waals surface area contributed by atoms with Gasteiger partial charge in [-0.3, -0.25) is 0 Å². The normalized spacial score (nSPS) is 15.5. The Morgan fingerprint density at radius 1 is 1.33 bits per heavy atom. The van der Waals surface area contributed by atoms with E-state index in [1.165, 1.54) is 6.42 Å². The topological polar surface area (TPSA) is 18.5 Å². The van der Waals surface area contributed by atoms with Gasteiger partial charge in [-0.05, 0) is 37.0 Å². The summed E-state index contributed by atoms with van der Waals surface area (Å²) < 4.78 is 11.1. The van der Waals surface area contributed by atoms with Crippen LogP contribution in [0.3, 0.4) is 0 Å². The van der Waals surface area contributed by atoms with Gasteiger partial charge in [-0.15, -0.1) is 0 Å². The fourth-order valence-electron chi connectivity index (χ4n) is 1.58. The van der Waals surface area contributed by atoms with Crippen molar-refractivity contribution < 1.29 is 9.47 Å². The lowest BCUT2D eigenvalue weighted by Gasteiger charge is -2.27. The highest BCUT2D eigenvalue weighted by Gasteiger charge is 2.20. The number of benzene rings is 1. The molecule has 0 amide bonds. The second-order valence-electron chi connectivity index (χ2n) is 3.79. The van der Waals surface area contributed by atoms with Crippen LogP contribution in [0.2, 0.25) is 0 Å². The molecule has 1 aromatic carbocycles. The summed E-state index contributed by atoms with van der Waals surface area (Å²) in [6.45, 7) is 3.74. The molecule has 2 nitrogen and oxygen atoms in total. The van der Waals surface area contributed by atoms with Gasteiger partial charge in [-0.1, -0.05) is 18.7 Å². The number of rotatable bonds is 4. The molecule has 1 aliphatic carbocycles. The fourth-order valence-corrected chi connectivity index (χ4v) is 1.58. The van der Waals surface area contributed by atoms with Gasteiger partial charge in [0.15, 0.2) is 11.5 Å². The molecule has 0 heterocycles. The van der Waals surface area contributed by atoms with Gasteiger partial charge < -0.3 is 9.47 Å². The molecular weight excluding hydrogens is 188 g/mol. The molecule has 15 heavy (non-hydrogen) atoms. The zero-order valence-electron chi connectivity index (χ0n) is 9.03. The maximum atomic E-state index is 5.84. The van der Waals surface area contributed by atoms with Gasteiger partial charge in [0.25, 0.3) is 0 Å². The Morgan fingerprint density at radius 3 is 2.67 bits per heavy atom. The van der Waals surface area contributed by atoms with Crippen molar-refractivity contribution >= 4 is 6.08 Å². The molecular formula is C13H16O2. The number of hydrogen-bond donors (Lipinski definition) is 0.